The quantitative estimate of drug-likeness (QED) is 0.499. The highest BCUT2D eigenvalue weighted by Gasteiger charge is 2.36. The summed E-state index contributed by atoms with van der Waals surface area (Å²) in [7, 11) is 0. The topological polar surface area (TPSA) is 134 Å². The second kappa shape index (κ2) is 6.09. The largest absolute Gasteiger partial charge is 0.390 e. The smallest absolute Gasteiger partial charge is 0.330 e. The van der Waals surface area contributed by atoms with Crippen molar-refractivity contribution in [3.05, 3.63) is 32.6 Å². The normalized spacial score (nSPS) is 26.2. The van der Waals surface area contributed by atoms with E-state index in [0.29, 0.717) is 5.56 Å². The van der Waals surface area contributed by atoms with Crippen molar-refractivity contribution in [2.45, 2.75) is 31.8 Å². The molecule has 1 aliphatic rings. The SMILES string of the molecule is Cc1cn(C2CC(O)C(COP(O)(O)=S)O2)c(=O)[nH]c1=O. The van der Waals surface area contributed by atoms with Crippen molar-refractivity contribution in [2.24, 2.45) is 0 Å². The molecule has 11 heteroatoms. The van der Waals surface area contributed by atoms with Gasteiger partial charge < -0.3 is 24.2 Å². The molecular weight excluding hydrogens is 323 g/mol. The highest BCUT2D eigenvalue weighted by molar-refractivity contribution is 8.06. The summed E-state index contributed by atoms with van der Waals surface area (Å²) in [5.41, 5.74) is -0.816. The maximum atomic E-state index is 11.7. The van der Waals surface area contributed by atoms with E-state index >= 15 is 0 Å². The summed E-state index contributed by atoms with van der Waals surface area (Å²) in [6, 6.07) is 0. The van der Waals surface area contributed by atoms with Gasteiger partial charge in [0, 0.05) is 18.2 Å². The van der Waals surface area contributed by atoms with Crippen LogP contribution < -0.4 is 11.2 Å². The van der Waals surface area contributed by atoms with E-state index in [4.69, 9.17) is 14.5 Å². The fraction of sp³-hybridized carbons (Fsp3) is 0.600. The van der Waals surface area contributed by atoms with Gasteiger partial charge in [-0.3, -0.25) is 14.3 Å². The maximum Gasteiger partial charge on any atom is 0.330 e. The second-order valence-corrected chi connectivity index (χ2v) is 7.36. The monoisotopic (exact) mass is 338 g/mol. The molecule has 0 radical (unpaired) electrons. The number of aliphatic hydroxyl groups is 1. The summed E-state index contributed by atoms with van der Waals surface area (Å²) in [4.78, 5) is 43.1. The average Bonchev–Trinajstić information content (AvgIpc) is 2.72. The van der Waals surface area contributed by atoms with Crippen LogP contribution in [0, 0.1) is 6.92 Å². The van der Waals surface area contributed by atoms with E-state index in [1.807, 2.05) is 0 Å². The number of aryl methyl sites for hydroxylation is 1. The molecule has 2 rings (SSSR count). The van der Waals surface area contributed by atoms with Gasteiger partial charge in [-0.25, -0.2) is 4.79 Å². The molecule has 3 unspecified atom stereocenters. The molecule has 118 valence electrons. The molecule has 21 heavy (non-hydrogen) atoms. The first-order valence-corrected chi connectivity index (χ1v) is 8.65. The zero-order chi connectivity index (χ0) is 15.8. The van der Waals surface area contributed by atoms with Gasteiger partial charge in [0.2, 0.25) is 0 Å². The Morgan fingerprint density at radius 2 is 2.24 bits per heavy atom. The van der Waals surface area contributed by atoms with Gasteiger partial charge in [-0.1, -0.05) is 0 Å². The number of aromatic nitrogens is 2. The molecule has 0 aliphatic carbocycles. The van der Waals surface area contributed by atoms with E-state index in [1.165, 1.54) is 13.1 Å². The lowest BCUT2D eigenvalue weighted by atomic mass is 10.2. The summed E-state index contributed by atoms with van der Waals surface area (Å²) in [5, 5.41) is 9.86. The van der Waals surface area contributed by atoms with Crippen LogP contribution in [0.3, 0.4) is 0 Å². The second-order valence-electron chi connectivity index (χ2n) is 4.70. The molecular formula is C10H15N2O7PS. The van der Waals surface area contributed by atoms with Crippen LogP contribution in [0.5, 0.6) is 0 Å². The van der Waals surface area contributed by atoms with Crippen LogP contribution in [0.1, 0.15) is 18.2 Å². The molecule has 2 heterocycles. The Hall–Kier alpha value is -0.870. The standard InChI is InChI=1S/C10H15N2O7PS/c1-5-3-12(10(15)11-9(5)14)8-2-6(13)7(19-8)4-18-20(16,17)21/h3,6-8,13H,2,4H2,1H3,(H,11,14,15)(H2,16,17,21). The minimum absolute atomic E-state index is 0.0964. The zero-order valence-corrected chi connectivity index (χ0v) is 12.7. The third-order valence-corrected chi connectivity index (χ3v) is 3.87. The third-order valence-electron chi connectivity index (χ3n) is 3.07. The van der Waals surface area contributed by atoms with Crippen LogP contribution >= 0.6 is 6.72 Å². The highest BCUT2D eigenvalue weighted by Crippen LogP contribution is 2.38. The molecule has 9 nitrogen and oxygen atoms in total. The molecule has 0 bridgehead atoms. The van der Waals surface area contributed by atoms with Gasteiger partial charge in [-0.15, -0.1) is 0 Å². The number of hydrogen-bond donors (Lipinski definition) is 4. The molecule has 0 saturated carbocycles. The van der Waals surface area contributed by atoms with Gasteiger partial charge in [0.05, 0.1) is 12.7 Å². The van der Waals surface area contributed by atoms with Crippen molar-refractivity contribution >= 4 is 18.5 Å². The summed E-state index contributed by atoms with van der Waals surface area (Å²) in [6.07, 6.45) is -1.16. The predicted molar refractivity (Wildman–Crippen MR) is 75.3 cm³/mol. The van der Waals surface area contributed by atoms with E-state index in [9.17, 15) is 14.7 Å². The van der Waals surface area contributed by atoms with Crippen LogP contribution in [-0.2, 0) is 21.1 Å². The van der Waals surface area contributed by atoms with Crippen LogP contribution in [0.15, 0.2) is 15.8 Å². The van der Waals surface area contributed by atoms with E-state index in [0.717, 1.165) is 4.57 Å². The first kappa shape index (κ1) is 16.5. The summed E-state index contributed by atoms with van der Waals surface area (Å²) < 4.78 is 11.3. The lowest BCUT2D eigenvalue weighted by Gasteiger charge is -2.17. The fourth-order valence-corrected chi connectivity index (χ4v) is 2.53. The first-order chi connectivity index (χ1) is 9.67. The van der Waals surface area contributed by atoms with Gasteiger partial charge in [-0.2, -0.15) is 0 Å². The van der Waals surface area contributed by atoms with Crippen LogP contribution in [0.2, 0.25) is 0 Å². The fourth-order valence-electron chi connectivity index (χ4n) is 2.01. The Morgan fingerprint density at radius 1 is 1.57 bits per heavy atom. The summed E-state index contributed by atoms with van der Waals surface area (Å²) in [6.45, 7) is -2.60. The van der Waals surface area contributed by atoms with Gasteiger partial charge in [0.1, 0.15) is 12.3 Å². The molecule has 0 aromatic carbocycles. The third kappa shape index (κ3) is 4.07. The lowest BCUT2D eigenvalue weighted by molar-refractivity contribution is -0.0427. The van der Waals surface area contributed by atoms with E-state index in [-0.39, 0.29) is 13.0 Å². The van der Waals surface area contributed by atoms with Crippen molar-refractivity contribution in [1.82, 2.24) is 9.55 Å². The minimum atomic E-state index is -3.83. The molecule has 0 amide bonds. The van der Waals surface area contributed by atoms with Crippen molar-refractivity contribution in [3.8, 4) is 0 Å². The molecule has 1 aliphatic heterocycles. The Bertz CT molecular complexity index is 681. The number of nitrogens with one attached hydrogen (secondary N) is 1. The Labute approximate surface area is 124 Å². The van der Waals surface area contributed by atoms with Crippen molar-refractivity contribution in [3.63, 3.8) is 0 Å². The van der Waals surface area contributed by atoms with E-state index in [2.05, 4.69) is 21.3 Å². The number of aromatic amines is 1. The van der Waals surface area contributed by atoms with Crippen LogP contribution in [0.25, 0.3) is 0 Å². The summed E-state index contributed by atoms with van der Waals surface area (Å²) >= 11 is 4.30. The van der Waals surface area contributed by atoms with Crippen molar-refractivity contribution in [1.29, 1.82) is 0 Å². The number of ether oxygens (including phenoxy) is 1. The number of rotatable bonds is 4. The molecule has 1 aromatic heterocycles. The molecule has 4 N–H and O–H groups in total. The Kier molecular flexibility index (Phi) is 4.79. The van der Waals surface area contributed by atoms with Crippen LogP contribution in [0.4, 0.5) is 0 Å². The lowest BCUT2D eigenvalue weighted by Crippen LogP contribution is -2.33. The highest BCUT2D eigenvalue weighted by atomic mass is 32.5. The minimum Gasteiger partial charge on any atom is -0.390 e. The number of hydrogen-bond acceptors (Lipinski definition) is 6. The molecule has 0 spiro atoms. The average molecular weight is 338 g/mol. The Balaban J connectivity index is 2.14. The number of H-pyrrole nitrogens is 1. The Morgan fingerprint density at radius 3 is 2.86 bits per heavy atom. The van der Waals surface area contributed by atoms with Crippen molar-refractivity contribution < 1.29 is 24.2 Å². The molecule has 1 saturated heterocycles. The van der Waals surface area contributed by atoms with Gasteiger partial charge >= 0.3 is 12.4 Å². The molecule has 1 aromatic rings. The zero-order valence-electron chi connectivity index (χ0n) is 11.0. The van der Waals surface area contributed by atoms with Crippen LogP contribution in [-0.4, -0.2) is 43.3 Å². The maximum absolute atomic E-state index is 11.7. The van der Waals surface area contributed by atoms with Gasteiger partial charge in [-0.05, 0) is 18.7 Å². The van der Waals surface area contributed by atoms with Gasteiger partial charge in [0.15, 0.2) is 0 Å². The van der Waals surface area contributed by atoms with E-state index in [1.54, 1.807) is 0 Å². The van der Waals surface area contributed by atoms with E-state index < -0.39 is 36.4 Å². The summed E-state index contributed by atoms with van der Waals surface area (Å²) in [5.74, 6) is 0. The van der Waals surface area contributed by atoms with Gasteiger partial charge in [0.25, 0.3) is 5.56 Å². The number of aliphatic hydroxyl groups excluding tert-OH is 1. The predicted octanol–water partition coefficient (Wildman–Crippen LogP) is -1.28. The first-order valence-electron chi connectivity index (χ1n) is 6.03. The van der Waals surface area contributed by atoms with Crippen molar-refractivity contribution in [2.75, 3.05) is 6.61 Å². The molecule has 3 atom stereocenters. The number of nitrogens with zero attached hydrogens (tertiary/aromatic N) is 1. The molecule has 1 fully saturated rings.